The number of rotatable bonds is 5. The molecule has 0 unspecified atom stereocenters. The lowest BCUT2D eigenvalue weighted by atomic mass is 10.2. The zero-order valence-corrected chi connectivity index (χ0v) is 15.6. The van der Waals surface area contributed by atoms with E-state index in [1.807, 2.05) is 18.2 Å². The zero-order valence-electron chi connectivity index (χ0n) is 15.6. The Labute approximate surface area is 158 Å². The average Bonchev–Trinajstić information content (AvgIpc) is 2.68. The van der Waals surface area contributed by atoms with Crippen molar-refractivity contribution < 1.29 is 19.3 Å². The van der Waals surface area contributed by atoms with Crippen LogP contribution in [0.25, 0.3) is 0 Å². The number of aromatic nitrogens is 3. The van der Waals surface area contributed by atoms with Gasteiger partial charge in [-0.25, -0.2) is 0 Å². The molecule has 0 atom stereocenters. The second kappa shape index (κ2) is 7.93. The highest BCUT2D eigenvalue weighted by Gasteiger charge is 2.23. The average molecular weight is 373 g/mol. The third-order valence-corrected chi connectivity index (χ3v) is 5.07. The van der Waals surface area contributed by atoms with Gasteiger partial charge in [0, 0.05) is 11.8 Å². The number of nitrogens with two attached hydrogens (primary N) is 1. The molecule has 4 rings (SSSR count). The first-order chi connectivity index (χ1) is 13.2. The second-order valence-electron chi connectivity index (χ2n) is 6.95. The molecule has 9 nitrogen and oxygen atoms in total. The Bertz CT molecular complexity index is 793. The number of fused-ring (bicyclic) bond motifs is 1. The molecule has 27 heavy (non-hydrogen) atoms. The van der Waals surface area contributed by atoms with Gasteiger partial charge in [0.2, 0.25) is 11.9 Å². The van der Waals surface area contributed by atoms with Gasteiger partial charge in [0.25, 0.3) is 0 Å². The predicted molar refractivity (Wildman–Crippen MR) is 101 cm³/mol. The number of hydrogen-bond donors (Lipinski definition) is 4. The minimum absolute atomic E-state index is 0.234. The summed E-state index contributed by atoms with van der Waals surface area (Å²) < 4.78 is 11.2. The fourth-order valence-electron chi connectivity index (χ4n) is 3.53. The van der Waals surface area contributed by atoms with Crippen LogP contribution in [0.3, 0.4) is 0 Å². The van der Waals surface area contributed by atoms with Crippen LogP contribution in [-0.2, 0) is 6.54 Å². The first-order valence-corrected chi connectivity index (χ1v) is 9.54. The number of hydrogen-bond acceptors (Lipinski definition) is 7. The minimum Gasteiger partial charge on any atom is -0.486 e. The third-order valence-electron chi connectivity index (χ3n) is 5.07. The maximum Gasteiger partial charge on any atom is 0.232 e. The van der Waals surface area contributed by atoms with Gasteiger partial charge in [0.05, 0.1) is 6.54 Å². The van der Waals surface area contributed by atoms with Crippen molar-refractivity contribution >= 4 is 17.6 Å². The summed E-state index contributed by atoms with van der Waals surface area (Å²) in [4.78, 5) is 16.3. The molecule has 0 saturated carbocycles. The van der Waals surface area contributed by atoms with Crippen LogP contribution in [0.4, 0.5) is 17.6 Å². The van der Waals surface area contributed by atoms with E-state index < -0.39 is 0 Å². The molecule has 144 valence electrons. The number of anilines is 3. The van der Waals surface area contributed by atoms with Crippen LogP contribution >= 0.6 is 0 Å². The molecular formula is C18H27N7O2+2. The molecule has 1 fully saturated rings. The van der Waals surface area contributed by atoms with Crippen LogP contribution in [0, 0.1) is 0 Å². The van der Waals surface area contributed by atoms with Gasteiger partial charge >= 0.3 is 0 Å². The SMILES string of the molecule is CC[NH+]1CC[NH+](Cc2nc(N)nc(Nc3ccc4c(c3)OCCO4)n2)CC1. The Morgan fingerprint density at radius 1 is 1.00 bits per heavy atom. The topological polar surface area (TPSA) is 104 Å². The van der Waals surface area contributed by atoms with Crippen molar-refractivity contribution in [3.63, 3.8) is 0 Å². The summed E-state index contributed by atoms with van der Waals surface area (Å²) in [6.45, 7) is 9.94. The number of likely N-dealkylation sites (N-methyl/N-ethyl adjacent to an activating group) is 1. The highest BCUT2D eigenvalue weighted by atomic mass is 16.6. The third kappa shape index (κ3) is 4.37. The number of benzene rings is 1. The van der Waals surface area contributed by atoms with Crippen molar-refractivity contribution in [2.24, 2.45) is 0 Å². The van der Waals surface area contributed by atoms with Crippen LogP contribution in [0.2, 0.25) is 0 Å². The van der Waals surface area contributed by atoms with E-state index in [4.69, 9.17) is 15.2 Å². The first kappa shape index (κ1) is 17.7. The highest BCUT2D eigenvalue weighted by Crippen LogP contribution is 2.33. The second-order valence-corrected chi connectivity index (χ2v) is 6.95. The van der Waals surface area contributed by atoms with E-state index >= 15 is 0 Å². The van der Waals surface area contributed by atoms with Crippen LogP contribution in [-0.4, -0.2) is 60.9 Å². The first-order valence-electron chi connectivity index (χ1n) is 9.54. The van der Waals surface area contributed by atoms with E-state index in [9.17, 15) is 0 Å². The molecule has 2 aliphatic heterocycles. The quantitative estimate of drug-likeness (QED) is 0.494. The Morgan fingerprint density at radius 2 is 1.74 bits per heavy atom. The minimum atomic E-state index is 0.234. The number of quaternary nitrogens is 2. The fourth-order valence-corrected chi connectivity index (χ4v) is 3.53. The molecule has 0 aliphatic carbocycles. The van der Waals surface area contributed by atoms with E-state index in [0.717, 1.165) is 36.9 Å². The van der Waals surface area contributed by atoms with Gasteiger partial charge in [-0.15, -0.1) is 0 Å². The lowest BCUT2D eigenvalue weighted by Gasteiger charge is -2.28. The van der Waals surface area contributed by atoms with Gasteiger partial charge in [-0.05, 0) is 19.1 Å². The van der Waals surface area contributed by atoms with Crippen molar-refractivity contribution in [3.05, 3.63) is 24.0 Å². The molecule has 3 heterocycles. The van der Waals surface area contributed by atoms with Gasteiger partial charge in [-0.2, -0.15) is 15.0 Å². The summed E-state index contributed by atoms with van der Waals surface area (Å²) in [5.41, 5.74) is 6.73. The smallest absolute Gasteiger partial charge is 0.232 e. The summed E-state index contributed by atoms with van der Waals surface area (Å²) in [7, 11) is 0. The monoisotopic (exact) mass is 373 g/mol. The van der Waals surface area contributed by atoms with E-state index in [1.54, 1.807) is 4.90 Å². The van der Waals surface area contributed by atoms with Crippen molar-refractivity contribution in [2.75, 3.05) is 57.0 Å². The van der Waals surface area contributed by atoms with Crippen molar-refractivity contribution in [1.82, 2.24) is 15.0 Å². The summed E-state index contributed by atoms with van der Waals surface area (Å²) in [6, 6.07) is 5.67. The largest absolute Gasteiger partial charge is 0.486 e. The summed E-state index contributed by atoms with van der Waals surface area (Å²) in [5.74, 6) is 2.87. The van der Waals surface area contributed by atoms with Gasteiger partial charge < -0.3 is 30.3 Å². The predicted octanol–water partition coefficient (Wildman–Crippen LogP) is -1.73. The van der Waals surface area contributed by atoms with Gasteiger partial charge in [0.1, 0.15) is 45.9 Å². The molecule has 2 aromatic rings. The molecule has 9 heteroatoms. The number of nitrogen functional groups attached to an aromatic ring is 1. The van der Waals surface area contributed by atoms with Gasteiger partial charge in [-0.3, -0.25) is 0 Å². The van der Waals surface area contributed by atoms with E-state index in [0.29, 0.717) is 24.9 Å². The lowest BCUT2D eigenvalue weighted by molar-refractivity contribution is -1.02. The van der Waals surface area contributed by atoms with E-state index in [-0.39, 0.29) is 5.95 Å². The lowest BCUT2D eigenvalue weighted by Crippen LogP contribution is -3.27. The Hall–Kier alpha value is -2.65. The molecule has 1 saturated heterocycles. The standard InChI is InChI=1S/C18H25N7O2/c1-2-24-5-7-25(8-6-24)12-16-21-17(19)23-18(22-16)20-13-3-4-14-15(11-13)27-10-9-26-14/h3-4,11H,2,5-10,12H2,1H3,(H3,19,20,21,22,23)/p+2. The molecule has 0 bridgehead atoms. The van der Waals surface area contributed by atoms with Gasteiger partial charge in [-0.1, -0.05) is 0 Å². The van der Waals surface area contributed by atoms with Gasteiger partial charge in [0.15, 0.2) is 17.3 Å². The van der Waals surface area contributed by atoms with Crippen LogP contribution in [0.5, 0.6) is 11.5 Å². The number of ether oxygens (including phenoxy) is 2. The number of piperazine rings is 1. The Kier molecular flexibility index (Phi) is 5.21. The molecule has 2 aliphatic rings. The number of nitrogens with zero attached hydrogens (tertiary/aromatic N) is 3. The summed E-state index contributed by atoms with van der Waals surface area (Å²) in [6.07, 6.45) is 0. The molecule has 1 aromatic heterocycles. The van der Waals surface area contributed by atoms with Crippen LogP contribution in [0.1, 0.15) is 12.7 Å². The summed E-state index contributed by atoms with van der Waals surface area (Å²) in [5, 5.41) is 3.20. The maximum atomic E-state index is 5.91. The normalized spacial score (nSPS) is 21.7. The molecule has 0 amide bonds. The number of nitrogens with one attached hydrogen (secondary N) is 3. The van der Waals surface area contributed by atoms with E-state index in [1.165, 1.54) is 24.5 Å². The van der Waals surface area contributed by atoms with E-state index in [2.05, 4.69) is 27.2 Å². The Balaban J connectivity index is 1.44. The zero-order chi connectivity index (χ0) is 18.6. The van der Waals surface area contributed by atoms with Crippen molar-refractivity contribution in [3.8, 4) is 11.5 Å². The molecule has 0 spiro atoms. The fraction of sp³-hybridized carbons (Fsp3) is 0.500. The van der Waals surface area contributed by atoms with Crippen molar-refractivity contribution in [1.29, 1.82) is 0 Å². The Morgan fingerprint density at radius 3 is 2.52 bits per heavy atom. The maximum absolute atomic E-state index is 5.91. The molecular weight excluding hydrogens is 346 g/mol. The molecule has 0 radical (unpaired) electrons. The molecule has 1 aromatic carbocycles. The van der Waals surface area contributed by atoms with Crippen molar-refractivity contribution in [2.45, 2.75) is 13.5 Å². The van der Waals surface area contributed by atoms with Crippen LogP contribution in [0.15, 0.2) is 18.2 Å². The van der Waals surface area contributed by atoms with Crippen LogP contribution < -0.4 is 30.3 Å². The summed E-state index contributed by atoms with van der Waals surface area (Å²) >= 11 is 0. The highest BCUT2D eigenvalue weighted by molar-refractivity contribution is 5.60. The molecule has 5 N–H and O–H groups in total.